The molecule has 2 aliphatic heterocycles. The SMILES string of the molecule is C[C@@H]1CCCC2(CCC[C@H](C)[18O]2)[18O]1. The van der Waals surface area contributed by atoms with E-state index < -0.39 is 0 Å². The second kappa shape index (κ2) is 3.58. The largest absolute Gasteiger partial charge is 0.347 e. The fourth-order valence-electron chi connectivity index (χ4n) is 2.56. The van der Waals surface area contributed by atoms with Gasteiger partial charge in [0, 0.05) is 12.8 Å². The highest BCUT2D eigenvalue weighted by Crippen LogP contribution is 2.38. The summed E-state index contributed by atoms with van der Waals surface area (Å²) >= 11 is 0. The van der Waals surface area contributed by atoms with E-state index in [9.17, 15) is 0 Å². The van der Waals surface area contributed by atoms with Gasteiger partial charge in [0.25, 0.3) is 0 Å². The van der Waals surface area contributed by atoms with Gasteiger partial charge in [0.15, 0.2) is 5.79 Å². The lowest BCUT2D eigenvalue weighted by Crippen LogP contribution is -2.46. The second-order valence-electron chi connectivity index (χ2n) is 4.55. The van der Waals surface area contributed by atoms with Gasteiger partial charge in [-0.1, -0.05) is 0 Å². The van der Waals surface area contributed by atoms with Gasteiger partial charge in [-0.05, 0) is 39.5 Å². The number of hydrogen-bond acceptors (Lipinski definition) is 2. The van der Waals surface area contributed by atoms with E-state index >= 15 is 0 Å². The van der Waals surface area contributed by atoms with Crippen LogP contribution in [-0.4, -0.2) is 18.0 Å². The minimum absolute atomic E-state index is 0.199. The third-order valence-electron chi connectivity index (χ3n) is 3.17. The standard InChI is InChI=1S/C11H20O2/c1-9-5-3-7-11(12-9)8-4-6-10(2)13-11/h9-10H,3-8H2,1-2H3/t9-,10+,11?/i12+2,13+2. The Morgan fingerprint density at radius 1 is 0.923 bits per heavy atom. The third kappa shape index (κ3) is 2.05. The van der Waals surface area contributed by atoms with Gasteiger partial charge < -0.3 is 9.47 Å². The minimum atomic E-state index is -0.199. The summed E-state index contributed by atoms with van der Waals surface area (Å²) in [4.78, 5) is 0. The van der Waals surface area contributed by atoms with E-state index in [4.69, 9.17) is 9.47 Å². The summed E-state index contributed by atoms with van der Waals surface area (Å²) in [6, 6.07) is 0. The molecular weight excluding hydrogens is 168 g/mol. The maximum Gasteiger partial charge on any atom is 0.168 e. The van der Waals surface area contributed by atoms with Crippen LogP contribution in [-0.2, 0) is 9.47 Å². The van der Waals surface area contributed by atoms with Crippen molar-refractivity contribution in [2.24, 2.45) is 0 Å². The highest BCUT2D eigenvalue weighted by Gasteiger charge is 2.40. The zero-order valence-electron chi connectivity index (χ0n) is 8.71. The summed E-state index contributed by atoms with van der Waals surface area (Å²) in [6.45, 7) is 4.31. The fourth-order valence-corrected chi connectivity index (χ4v) is 2.56. The van der Waals surface area contributed by atoms with Crippen molar-refractivity contribution >= 4 is 0 Å². The van der Waals surface area contributed by atoms with Crippen LogP contribution in [0.4, 0.5) is 0 Å². The van der Waals surface area contributed by atoms with Crippen molar-refractivity contribution in [3.63, 3.8) is 0 Å². The zero-order chi connectivity index (χ0) is 9.31. The summed E-state index contributed by atoms with van der Waals surface area (Å²) in [7, 11) is 0. The topological polar surface area (TPSA) is 18.5 Å². The van der Waals surface area contributed by atoms with Gasteiger partial charge in [-0.25, -0.2) is 0 Å². The van der Waals surface area contributed by atoms with E-state index in [-0.39, 0.29) is 5.79 Å². The minimum Gasteiger partial charge on any atom is -0.347 e. The van der Waals surface area contributed by atoms with Crippen molar-refractivity contribution in [1.29, 1.82) is 0 Å². The van der Waals surface area contributed by atoms with Gasteiger partial charge in [0.2, 0.25) is 0 Å². The fraction of sp³-hybridized carbons (Fsp3) is 1.00. The molecule has 2 nitrogen and oxygen atoms in total. The molecule has 2 heteroatoms. The van der Waals surface area contributed by atoms with Crippen LogP contribution in [0.25, 0.3) is 0 Å². The Balaban J connectivity index is 2.00. The molecule has 3 atom stereocenters. The van der Waals surface area contributed by atoms with Gasteiger partial charge >= 0.3 is 0 Å². The first kappa shape index (κ1) is 9.47. The number of hydrogen-bond donors (Lipinski definition) is 0. The number of ether oxygens (including phenoxy) is 2. The molecule has 0 aliphatic carbocycles. The van der Waals surface area contributed by atoms with E-state index in [0.29, 0.717) is 12.2 Å². The van der Waals surface area contributed by atoms with Crippen LogP contribution in [0.1, 0.15) is 52.4 Å². The summed E-state index contributed by atoms with van der Waals surface area (Å²) in [6.07, 6.45) is 7.88. The zero-order valence-corrected chi connectivity index (χ0v) is 8.71. The number of rotatable bonds is 0. The summed E-state index contributed by atoms with van der Waals surface area (Å²) < 4.78 is 11.9. The lowest BCUT2D eigenvalue weighted by Gasteiger charge is -2.44. The van der Waals surface area contributed by atoms with Crippen molar-refractivity contribution in [3.05, 3.63) is 0 Å². The van der Waals surface area contributed by atoms with E-state index in [0.717, 1.165) is 12.8 Å². The molecule has 0 aromatic rings. The van der Waals surface area contributed by atoms with Gasteiger partial charge in [0.05, 0.1) is 12.2 Å². The van der Waals surface area contributed by atoms with Crippen LogP contribution in [0.2, 0.25) is 0 Å². The monoisotopic (exact) mass is 188 g/mol. The van der Waals surface area contributed by atoms with Crippen LogP contribution < -0.4 is 0 Å². The van der Waals surface area contributed by atoms with Crippen molar-refractivity contribution < 1.29 is 9.47 Å². The van der Waals surface area contributed by atoms with Crippen LogP contribution in [0.5, 0.6) is 0 Å². The van der Waals surface area contributed by atoms with Gasteiger partial charge in [-0.3, -0.25) is 0 Å². The summed E-state index contributed by atoms with van der Waals surface area (Å²) in [5.74, 6) is -0.199. The lowest BCUT2D eigenvalue weighted by molar-refractivity contribution is -0.309. The van der Waals surface area contributed by atoms with Crippen molar-refractivity contribution in [2.45, 2.75) is 70.4 Å². The smallest absolute Gasteiger partial charge is 0.168 e. The van der Waals surface area contributed by atoms with E-state index in [1.54, 1.807) is 0 Å². The molecule has 0 aromatic carbocycles. The predicted molar refractivity (Wildman–Crippen MR) is 51.5 cm³/mol. The Kier molecular flexibility index (Phi) is 2.61. The van der Waals surface area contributed by atoms with Crippen molar-refractivity contribution in [1.82, 2.24) is 0 Å². The second-order valence-corrected chi connectivity index (χ2v) is 4.55. The molecule has 2 fully saturated rings. The lowest BCUT2D eigenvalue weighted by atomic mass is 9.97. The highest BCUT2D eigenvalue weighted by molar-refractivity contribution is 4.81. The molecule has 0 radical (unpaired) electrons. The molecule has 0 N–H and O–H groups in total. The van der Waals surface area contributed by atoms with Crippen LogP contribution >= 0.6 is 0 Å². The quantitative estimate of drug-likeness (QED) is 0.544. The summed E-state index contributed by atoms with van der Waals surface area (Å²) in [5.41, 5.74) is 0. The van der Waals surface area contributed by atoms with Crippen molar-refractivity contribution in [2.75, 3.05) is 0 Å². The molecule has 0 amide bonds. The molecule has 0 aromatic heterocycles. The Bertz CT molecular complexity index is 159. The van der Waals surface area contributed by atoms with Crippen LogP contribution in [0.15, 0.2) is 0 Å². The first-order valence-corrected chi connectivity index (χ1v) is 5.56. The average Bonchev–Trinajstić information content (AvgIpc) is 2.02. The molecule has 1 spiro atoms. The van der Waals surface area contributed by atoms with Crippen molar-refractivity contribution in [3.8, 4) is 0 Å². The summed E-state index contributed by atoms with van der Waals surface area (Å²) in [5, 5.41) is 0. The van der Waals surface area contributed by atoms with E-state index in [2.05, 4.69) is 13.8 Å². The maximum atomic E-state index is 5.96. The first-order valence-electron chi connectivity index (χ1n) is 5.56. The molecule has 13 heavy (non-hydrogen) atoms. The van der Waals surface area contributed by atoms with E-state index in [1.807, 2.05) is 0 Å². The van der Waals surface area contributed by atoms with Gasteiger partial charge in [-0.2, -0.15) is 0 Å². The molecular formula is C11H20O2. The Morgan fingerprint density at radius 2 is 1.38 bits per heavy atom. The molecule has 76 valence electrons. The van der Waals surface area contributed by atoms with Crippen LogP contribution in [0.3, 0.4) is 0 Å². The van der Waals surface area contributed by atoms with E-state index in [1.165, 1.54) is 25.7 Å². The molecule has 2 saturated heterocycles. The molecule has 2 aliphatic rings. The normalized spacial score (nSPS) is 46.6. The Morgan fingerprint density at radius 3 is 1.77 bits per heavy atom. The third-order valence-corrected chi connectivity index (χ3v) is 3.17. The Hall–Kier alpha value is -0.0800. The molecule has 1 unspecified atom stereocenters. The first-order chi connectivity index (χ1) is 6.20. The highest BCUT2D eigenvalue weighted by atomic mass is 18.5. The molecule has 0 saturated carbocycles. The van der Waals surface area contributed by atoms with Gasteiger partial charge in [0.1, 0.15) is 0 Å². The Labute approximate surface area is 80.6 Å². The molecule has 0 bridgehead atoms. The molecule has 2 heterocycles. The predicted octanol–water partition coefficient (Wildman–Crippen LogP) is 2.86. The van der Waals surface area contributed by atoms with Crippen LogP contribution in [0, 0.1) is 0 Å². The molecule has 2 rings (SSSR count). The maximum absolute atomic E-state index is 5.96. The van der Waals surface area contributed by atoms with Gasteiger partial charge in [-0.15, -0.1) is 0 Å². The average molecular weight is 188 g/mol.